The first-order valence-electron chi connectivity index (χ1n) is 9.68. The van der Waals surface area contributed by atoms with Crippen LogP contribution in [0.4, 0.5) is 5.69 Å². The lowest BCUT2D eigenvalue weighted by atomic mass is 9.87. The number of carbonyl (C=O) groups is 1. The Morgan fingerprint density at radius 3 is 2.50 bits per heavy atom. The van der Waals surface area contributed by atoms with Gasteiger partial charge in [0.15, 0.2) is 9.84 Å². The van der Waals surface area contributed by atoms with Gasteiger partial charge in [-0.3, -0.25) is 9.69 Å². The lowest BCUT2D eigenvalue weighted by molar-refractivity contribution is 0.0985. The van der Waals surface area contributed by atoms with Crippen molar-refractivity contribution in [3.63, 3.8) is 0 Å². The third-order valence-electron chi connectivity index (χ3n) is 5.74. The molecular weight excluding hydrogens is 372 g/mol. The molecule has 0 atom stereocenters. The molecule has 0 saturated carbocycles. The van der Waals surface area contributed by atoms with E-state index in [0.29, 0.717) is 31.7 Å². The van der Waals surface area contributed by atoms with Gasteiger partial charge in [-0.2, -0.15) is 0 Å². The van der Waals surface area contributed by atoms with E-state index in [4.69, 9.17) is 0 Å². The summed E-state index contributed by atoms with van der Waals surface area (Å²) < 4.78 is 23.2. The molecule has 0 aromatic heterocycles. The molecule has 0 aliphatic carbocycles. The van der Waals surface area contributed by atoms with Crippen molar-refractivity contribution in [2.24, 2.45) is 0 Å². The largest absolute Gasteiger partial charge is 0.307 e. The summed E-state index contributed by atoms with van der Waals surface area (Å²) in [6.07, 6.45) is 0. The molecule has 0 N–H and O–H groups in total. The number of rotatable bonds is 3. The summed E-state index contributed by atoms with van der Waals surface area (Å²) in [7, 11) is -2.88. The Bertz CT molecular complexity index is 1000. The second-order valence-electron chi connectivity index (χ2n) is 8.42. The number of amides is 1. The van der Waals surface area contributed by atoms with Crippen LogP contribution in [-0.4, -0.2) is 50.4 Å². The Labute approximate surface area is 166 Å². The van der Waals surface area contributed by atoms with Crippen molar-refractivity contribution in [2.75, 3.05) is 36.0 Å². The summed E-state index contributed by atoms with van der Waals surface area (Å²) >= 11 is 0. The van der Waals surface area contributed by atoms with Crippen molar-refractivity contribution in [1.82, 2.24) is 4.90 Å². The van der Waals surface area contributed by atoms with Gasteiger partial charge in [-0.05, 0) is 29.3 Å². The third-order valence-corrected chi connectivity index (χ3v) is 7.35. The smallest absolute Gasteiger partial charge is 0.258 e. The van der Waals surface area contributed by atoms with Gasteiger partial charge in [-0.1, -0.05) is 44.2 Å². The molecule has 1 amide bonds. The highest BCUT2D eigenvalue weighted by atomic mass is 32.2. The molecule has 2 aliphatic rings. The van der Waals surface area contributed by atoms with Crippen LogP contribution in [0.2, 0.25) is 0 Å². The standard InChI is InChI=1S/C22H26N2O3S/c1-22(2)16-24(20-9-4-3-8-19(20)22)21(25)18-7-5-6-17(14-18)15-23-10-12-28(26,27)13-11-23/h3-9,14H,10-13,15-16H2,1-2H3. The average Bonchev–Trinajstić information content (AvgIpc) is 2.95. The first-order chi connectivity index (χ1) is 13.3. The maximum Gasteiger partial charge on any atom is 0.258 e. The quantitative estimate of drug-likeness (QED) is 0.798. The summed E-state index contributed by atoms with van der Waals surface area (Å²) in [6, 6.07) is 15.8. The Morgan fingerprint density at radius 2 is 1.75 bits per heavy atom. The molecule has 2 aliphatic heterocycles. The molecular formula is C22H26N2O3S. The second-order valence-corrected chi connectivity index (χ2v) is 10.7. The maximum atomic E-state index is 13.3. The van der Waals surface area contributed by atoms with Crippen molar-refractivity contribution in [3.05, 3.63) is 65.2 Å². The number of nitrogens with zero attached hydrogens (tertiary/aromatic N) is 2. The van der Waals surface area contributed by atoms with Crippen LogP contribution >= 0.6 is 0 Å². The van der Waals surface area contributed by atoms with E-state index in [0.717, 1.165) is 11.3 Å². The zero-order chi connectivity index (χ0) is 19.9. The van der Waals surface area contributed by atoms with E-state index in [1.807, 2.05) is 47.4 Å². The fourth-order valence-corrected chi connectivity index (χ4v) is 5.43. The molecule has 0 spiro atoms. The topological polar surface area (TPSA) is 57.7 Å². The summed E-state index contributed by atoms with van der Waals surface area (Å²) in [4.78, 5) is 17.3. The molecule has 0 unspecified atom stereocenters. The number of carbonyl (C=O) groups excluding carboxylic acids is 1. The normalized spacial score (nSPS) is 20.7. The molecule has 1 saturated heterocycles. The first-order valence-corrected chi connectivity index (χ1v) is 11.5. The van der Waals surface area contributed by atoms with Crippen LogP contribution in [0, 0.1) is 0 Å². The van der Waals surface area contributed by atoms with E-state index in [1.165, 1.54) is 5.56 Å². The molecule has 0 radical (unpaired) electrons. The number of hydrogen-bond acceptors (Lipinski definition) is 4. The monoisotopic (exact) mass is 398 g/mol. The van der Waals surface area contributed by atoms with E-state index in [1.54, 1.807) is 0 Å². The molecule has 148 valence electrons. The van der Waals surface area contributed by atoms with Crippen LogP contribution in [0.15, 0.2) is 48.5 Å². The number of para-hydroxylation sites is 1. The van der Waals surface area contributed by atoms with Crippen LogP contribution in [0.3, 0.4) is 0 Å². The van der Waals surface area contributed by atoms with Crippen LogP contribution in [0.5, 0.6) is 0 Å². The van der Waals surface area contributed by atoms with Gasteiger partial charge < -0.3 is 4.90 Å². The molecule has 2 heterocycles. The van der Waals surface area contributed by atoms with Crippen molar-refractivity contribution >= 4 is 21.4 Å². The van der Waals surface area contributed by atoms with Crippen LogP contribution < -0.4 is 4.90 Å². The van der Waals surface area contributed by atoms with Gasteiger partial charge in [0.05, 0.1) is 11.5 Å². The van der Waals surface area contributed by atoms with Crippen LogP contribution in [0.25, 0.3) is 0 Å². The summed E-state index contributed by atoms with van der Waals surface area (Å²) in [5.41, 5.74) is 3.84. The second kappa shape index (κ2) is 7.01. The first kappa shape index (κ1) is 19.2. The van der Waals surface area contributed by atoms with Gasteiger partial charge in [-0.15, -0.1) is 0 Å². The van der Waals surface area contributed by atoms with Crippen molar-refractivity contribution in [1.29, 1.82) is 0 Å². The Hall–Kier alpha value is -2.18. The molecule has 5 nitrogen and oxygen atoms in total. The molecule has 1 fully saturated rings. The van der Waals surface area contributed by atoms with E-state index in [9.17, 15) is 13.2 Å². The highest BCUT2D eigenvalue weighted by Crippen LogP contribution is 2.40. The van der Waals surface area contributed by atoms with Crippen LogP contribution in [0.1, 0.15) is 35.3 Å². The Morgan fingerprint density at radius 1 is 1.04 bits per heavy atom. The minimum absolute atomic E-state index is 0.0149. The molecule has 28 heavy (non-hydrogen) atoms. The molecule has 6 heteroatoms. The van der Waals surface area contributed by atoms with E-state index < -0.39 is 9.84 Å². The number of hydrogen-bond donors (Lipinski definition) is 0. The van der Waals surface area contributed by atoms with Gasteiger partial charge in [0.2, 0.25) is 0 Å². The number of benzene rings is 2. The van der Waals surface area contributed by atoms with Crippen LogP contribution in [-0.2, 0) is 21.8 Å². The highest BCUT2D eigenvalue weighted by molar-refractivity contribution is 7.91. The predicted molar refractivity (Wildman–Crippen MR) is 112 cm³/mol. The zero-order valence-electron chi connectivity index (χ0n) is 16.4. The predicted octanol–water partition coefficient (Wildman–Crippen LogP) is 2.86. The van der Waals surface area contributed by atoms with Crippen molar-refractivity contribution < 1.29 is 13.2 Å². The molecule has 0 bridgehead atoms. The van der Waals surface area contributed by atoms with Gasteiger partial charge in [0, 0.05) is 42.8 Å². The summed E-state index contributed by atoms with van der Waals surface area (Å²) in [5.74, 6) is 0.442. The van der Waals surface area contributed by atoms with Gasteiger partial charge in [0.25, 0.3) is 5.91 Å². The summed E-state index contributed by atoms with van der Waals surface area (Å²) in [5, 5.41) is 0. The van der Waals surface area contributed by atoms with E-state index in [2.05, 4.69) is 24.8 Å². The lowest BCUT2D eigenvalue weighted by Crippen LogP contribution is -2.39. The van der Waals surface area contributed by atoms with Gasteiger partial charge >= 0.3 is 0 Å². The van der Waals surface area contributed by atoms with Crippen molar-refractivity contribution in [3.8, 4) is 0 Å². The maximum absolute atomic E-state index is 13.3. The van der Waals surface area contributed by atoms with E-state index in [-0.39, 0.29) is 22.8 Å². The average molecular weight is 399 g/mol. The molecule has 2 aromatic rings. The fourth-order valence-electron chi connectivity index (χ4n) is 4.15. The Kier molecular flexibility index (Phi) is 4.79. The van der Waals surface area contributed by atoms with E-state index >= 15 is 0 Å². The number of fused-ring (bicyclic) bond motifs is 1. The molecule has 2 aromatic carbocycles. The minimum atomic E-state index is -2.88. The lowest BCUT2D eigenvalue weighted by Gasteiger charge is -2.26. The SMILES string of the molecule is CC1(C)CN(C(=O)c2cccc(CN3CCS(=O)(=O)CC3)c2)c2ccccc21. The summed E-state index contributed by atoms with van der Waals surface area (Å²) in [6.45, 7) is 6.76. The highest BCUT2D eigenvalue weighted by Gasteiger charge is 2.37. The zero-order valence-corrected chi connectivity index (χ0v) is 17.2. The van der Waals surface area contributed by atoms with Gasteiger partial charge in [-0.25, -0.2) is 8.42 Å². The van der Waals surface area contributed by atoms with Crippen molar-refractivity contribution in [2.45, 2.75) is 25.8 Å². The number of anilines is 1. The van der Waals surface area contributed by atoms with Gasteiger partial charge in [0.1, 0.15) is 0 Å². The third kappa shape index (κ3) is 3.71. The molecule has 4 rings (SSSR count). The minimum Gasteiger partial charge on any atom is -0.307 e. The Balaban J connectivity index is 1.53. The number of sulfone groups is 1. The fraction of sp³-hybridized carbons (Fsp3) is 0.409.